The van der Waals surface area contributed by atoms with Crippen LogP contribution in [-0.2, 0) is 18.9 Å². The molecule has 6 atom stereocenters. The van der Waals surface area contributed by atoms with E-state index in [0.29, 0.717) is 0 Å². The van der Waals surface area contributed by atoms with Crippen molar-refractivity contribution in [3.63, 3.8) is 0 Å². The first kappa shape index (κ1) is 12.8. The van der Waals surface area contributed by atoms with E-state index < -0.39 is 17.7 Å². The number of rotatable bonds is 0. The van der Waals surface area contributed by atoms with E-state index in [9.17, 15) is 5.11 Å². The number of ether oxygens (including phenoxy) is 4. The lowest BCUT2D eigenvalue weighted by molar-refractivity contribution is -0.180. The van der Waals surface area contributed by atoms with Gasteiger partial charge < -0.3 is 24.1 Å². The van der Waals surface area contributed by atoms with Gasteiger partial charge in [0, 0.05) is 5.92 Å². The molecule has 0 bridgehead atoms. The Morgan fingerprint density at radius 3 is 1.44 bits per heavy atom. The van der Waals surface area contributed by atoms with Crippen molar-refractivity contribution in [2.45, 2.75) is 76.7 Å². The van der Waals surface area contributed by atoms with Gasteiger partial charge in [0.1, 0.15) is 18.3 Å². The Morgan fingerprint density at radius 1 is 0.722 bits per heavy atom. The summed E-state index contributed by atoms with van der Waals surface area (Å²) in [4.78, 5) is 0. The van der Waals surface area contributed by atoms with Crippen molar-refractivity contribution in [2.75, 3.05) is 0 Å². The van der Waals surface area contributed by atoms with Crippen molar-refractivity contribution in [3.05, 3.63) is 0 Å². The first-order valence-electron chi connectivity index (χ1n) is 6.59. The number of aliphatic hydroxyl groups excluding tert-OH is 1. The minimum atomic E-state index is -0.709. The van der Waals surface area contributed by atoms with Gasteiger partial charge >= 0.3 is 0 Å². The largest absolute Gasteiger partial charge is 0.387 e. The van der Waals surface area contributed by atoms with Crippen LogP contribution in [0.25, 0.3) is 0 Å². The number of hydrogen-bond acceptors (Lipinski definition) is 5. The Kier molecular flexibility index (Phi) is 2.61. The maximum atomic E-state index is 10.4. The summed E-state index contributed by atoms with van der Waals surface area (Å²) >= 11 is 0. The van der Waals surface area contributed by atoms with E-state index in [1.54, 1.807) is 0 Å². The molecule has 1 saturated carbocycles. The van der Waals surface area contributed by atoms with Gasteiger partial charge in [-0.15, -0.1) is 0 Å². The third-order valence-electron chi connectivity index (χ3n) is 4.04. The van der Waals surface area contributed by atoms with Gasteiger partial charge in [-0.2, -0.15) is 0 Å². The van der Waals surface area contributed by atoms with E-state index in [1.165, 1.54) is 0 Å². The molecule has 2 saturated heterocycles. The molecule has 104 valence electrons. The van der Waals surface area contributed by atoms with Crippen LogP contribution in [0.5, 0.6) is 0 Å². The molecule has 3 rings (SSSR count). The summed E-state index contributed by atoms with van der Waals surface area (Å²) in [5.74, 6) is -1.18. The van der Waals surface area contributed by atoms with E-state index in [0.717, 1.165) is 0 Å². The zero-order chi connectivity index (χ0) is 13.3. The maximum absolute atomic E-state index is 10.4. The lowest BCUT2D eigenvalue weighted by Gasteiger charge is -2.39. The monoisotopic (exact) mass is 258 g/mol. The Morgan fingerprint density at radius 2 is 1.06 bits per heavy atom. The van der Waals surface area contributed by atoms with Crippen LogP contribution in [0.3, 0.4) is 0 Å². The second kappa shape index (κ2) is 3.67. The summed E-state index contributed by atoms with van der Waals surface area (Å²) < 4.78 is 23.4. The summed E-state index contributed by atoms with van der Waals surface area (Å²) in [5.41, 5.74) is 0. The summed E-state index contributed by atoms with van der Waals surface area (Å²) in [6.07, 6.45) is -1.68. The first-order valence-corrected chi connectivity index (χ1v) is 6.59. The molecule has 0 aromatic carbocycles. The molecule has 2 heterocycles. The molecule has 0 aromatic rings. The number of aliphatic hydroxyl groups is 1. The van der Waals surface area contributed by atoms with Gasteiger partial charge in [-0.25, -0.2) is 0 Å². The maximum Gasteiger partial charge on any atom is 0.163 e. The molecular formula is C13H22O5. The van der Waals surface area contributed by atoms with Gasteiger partial charge in [0.25, 0.3) is 0 Å². The second-order valence-corrected chi connectivity index (χ2v) is 6.48. The van der Waals surface area contributed by atoms with Crippen molar-refractivity contribution >= 4 is 0 Å². The van der Waals surface area contributed by atoms with Gasteiger partial charge in [-0.1, -0.05) is 6.92 Å². The predicted octanol–water partition coefficient (Wildman–Crippen LogP) is 1.04. The van der Waals surface area contributed by atoms with E-state index in [1.807, 2.05) is 27.7 Å². The van der Waals surface area contributed by atoms with Crippen LogP contribution in [0.4, 0.5) is 0 Å². The Labute approximate surface area is 107 Å². The van der Waals surface area contributed by atoms with Crippen LogP contribution in [0.1, 0.15) is 34.6 Å². The minimum Gasteiger partial charge on any atom is -0.387 e. The summed E-state index contributed by atoms with van der Waals surface area (Å²) in [7, 11) is 0. The summed E-state index contributed by atoms with van der Waals surface area (Å²) in [5, 5.41) is 10.4. The van der Waals surface area contributed by atoms with Gasteiger partial charge in [0.2, 0.25) is 0 Å². The van der Waals surface area contributed by atoms with Crippen molar-refractivity contribution in [1.29, 1.82) is 0 Å². The molecule has 0 amide bonds. The van der Waals surface area contributed by atoms with Gasteiger partial charge in [0.15, 0.2) is 11.6 Å². The average Bonchev–Trinajstić information content (AvgIpc) is 2.72. The Bertz CT molecular complexity index is 291. The third kappa shape index (κ3) is 1.80. The molecule has 0 aromatic heterocycles. The average molecular weight is 258 g/mol. The second-order valence-electron chi connectivity index (χ2n) is 6.48. The molecule has 3 fully saturated rings. The Balaban J connectivity index is 1.88. The minimum absolute atomic E-state index is 0.131. The Hall–Kier alpha value is -0.200. The smallest absolute Gasteiger partial charge is 0.163 e. The fourth-order valence-corrected chi connectivity index (χ4v) is 3.35. The standard InChI is InChI=1S/C13H22O5/c1-6-8-10(17-12(2,3)15-8)7(14)11-9(6)16-13(4,5)18-11/h6-11,14H,1-5H3/t6-,7+,8+,9-,10-,11+. The SMILES string of the molecule is C[C@H]1[C@H]2OC(C)(C)O[C@H]2[C@@H](O)[C@H]2OC(C)(C)O[C@@H]12. The highest BCUT2D eigenvalue weighted by Crippen LogP contribution is 2.46. The van der Waals surface area contributed by atoms with Crippen LogP contribution in [0.2, 0.25) is 0 Å². The quantitative estimate of drug-likeness (QED) is 0.703. The third-order valence-corrected chi connectivity index (χ3v) is 4.04. The highest BCUT2D eigenvalue weighted by atomic mass is 16.8. The van der Waals surface area contributed by atoms with Crippen LogP contribution in [0, 0.1) is 5.92 Å². The zero-order valence-corrected chi connectivity index (χ0v) is 11.5. The van der Waals surface area contributed by atoms with Crippen molar-refractivity contribution in [3.8, 4) is 0 Å². The molecule has 0 unspecified atom stereocenters. The molecule has 2 aliphatic heterocycles. The van der Waals surface area contributed by atoms with Gasteiger partial charge in [0.05, 0.1) is 12.2 Å². The fourth-order valence-electron chi connectivity index (χ4n) is 3.35. The summed E-state index contributed by atoms with van der Waals surface area (Å²) in [6, 6.07) is 0. The molecule has 18 heavy (non-hydrogen) atoms. The highest BCUT2D eigenvalue weighted by Gasteiger charge is 2.61. The number of fused-ring (bicyclic) bond motifs is 2. The zero-order valence-electron chi connectivity index (χ0n) is 11.5. The normalized spacial score (nSPS) is 53.0. The molecule has 0 spiro atoms. The molecule has 1 N–H and O–H groups in total. The highest BCUT2D eigenvalue weighted by molar-refractivity contribution is 5.05. The van der Waals surface area contributed by atoms with E-state index in [-0.39, 0.29) is 30.3 Å². The lowest BCUT2D eigenvalue weighted by Crippen LogP contribution is -2.57. The first-order chi connectivity index (χ1) is 8.20. The molecule has 0 radical (unpaired) electrons. The molecule has 5 heteroatoms. The van der Waals surface area contributed by atoms with E-state index in [4.69, 9.17) is 18.9 Å². The van der Waals surface area contributed by atoms with Crippen LogP contribution in [-0.4, -0.2) is 47.2 Å². The molecule has 1 aliphatic carbocycles. The van der Waals surface area contributed by atoms with Crippen LogP contribution < -0.4 is 0 Å². The fraction of sp³-hybridized carbons (Fsp3) is 1.00. The molecule has 5 nitrogen and oxygen atoms in total. The molecule has 3 aliphatic rings. The lowest BCUT2D eigenvalue weighted by atomic mass is 9.80. The van der Waals surface area contributed by atoms with Crippen LogP contribution in [0.15, 0.2) is 0 Å². The van der Waals surface area contributed by atoms with Gasteiger partial charge in [-0.3, -0.25) is 0 Å². The molecular weight excluding hydrogens is 236 g/mol. The van der Waals surface area contributed by atoms with E-state index in [2.05, 4.69) is 6.92 Å². The predicted molar refractivity (Wildman–Crippen MR) is 62.8 cm³/mol. The van der Waals surface area contributed by atoms with Crippen molar-refractivity contribution in [2.24, 2.45) is 5.92 Å². The van der Waals surface area contributed by atoms with Crippen molar-refractivity contribution in [1.82, 2.24) is 0 Å². The summed E-state index contributed by atoms with van der Waals surface area (Å²) in [6.45, 7) is 9.54. The van der Waals surface area contributed by atoms with Gasteiger partial charge in [-0.05, 0) is 27.7 Å². The topological polar surface area (TPSA) is 57.2 Å². The van der Waals surface area contributed by atoms with Crippen LogP contribution >= 0.6 is 0 Å². The number of hydrogen-bond donors (Lipinski definition) is 1. The van der Waals surface area contributed by atoms with E-state index >= 15 is 0 Å². The van der Waals surface area contributed by atoms with Crippen molar-refractivity contribution < 1.29 is 24.1 Å².